The van der Waals surface area contributed by atoms with Crippen LogP contribution in [-0.2, 0) is 39.6 Å². The Bertz CT molecular complexity index is 6740. The Morgan fingerprint density at radius 2 is 0.261 bits per heavy atom. The topological polar surface area (TPSA) is 55.4 Å². The summed E-state index contributed by atoms with van der Waals surface area (Å²) in [4.78, 5) is 0. The molecule has 0 aromatic heterocycles. The third-order valence-corrected chi connectivity index (χ3v) is 23.2. The van der Waals surface area contributed by atoms with Crippen LogP contribution >= 0.6 is 0 Å². The second-order valence-corrected chi connectivity index (χ2v) is 33.0. The lowest BCUT2D eigenvalue weighted by molar-refractivity contribution is 0.306. The Morgan fingerprint density at radius 3 is 0.420 bits per heavy atom. The average molecular weight is 1770 g/mol. The highest BCUT2D eigenvalue weighted by molar-refractivity contribution is 5.89. The molecule has 19 rings (SSSR count). The zero-order valence-electron chi connectivity index (χ0n) is 75.7. The van der Waals surface area contributed by atoms with Gasteiger partial charge in [-0.15, -0.1) is 0 Å². The van der Waals surface area contributed by atoms with Crippen LogP contribution in [0.1, 0.15) is 100 Å². The van der Waals surface area contributed by atoms with Crippen LogP contribution in [0.4, 0.5) is 0 Å². The molecule has 0 amide bonds. The summed E-state index contributed by atoms with van der Waals surface area (Å²) in [6, 6.07) is 160. The molecule has 0 saturated carbocycles. The summed E-state index contributed by atoms with van der Waals surface area (Å²) in [6.45, 7) is 2.51. The fourth-order valence-corrected chi connectivity index (χ4v) is 16.0. The van der Waals surface area contributed by atoms with E-state index in [1.165, 1.54) is 0 Å². The molecule has 19 aromatic carbocycles. The third-order valence-electron chi connectivity index (χ3n) is 23.2. The maximum absolute atomic E-state index is 6.41. The van der Waals surface area contributed by atoms with Crippen molar-refractivity contribution in [1.82, 2.24) is 0 Å². The van der Waals surface area contributed by atoms with Crippen molar-refractivity contribution in [3.05, 3.63) is 573 Å². The van der Waals surface area contributed by atoms with Gasteiger partial charge in [0.1, 0.15) is 74.1 Å². The van der Waals surface area contributed by atoms with Crippen molar-refractivity contribution >= 4 is 0 Å². The van der Waals surface area contributed by atoms with E-state index >= 15 is 0 Å². The maximum atomic E-state index is 6.41. The van der Waals surface area contributed by atoms with Crippen LogP contribution in [0, 0.1) is 71.0 Å². The highest BCUT2D eigenvalue weighted by Crippen LogP contribution is 2.41. The van der Waals surface area contributed by atoms with E-state index in [2.05, 4.69) is 271 Å². The number of benzene rings is 19. The lowest BCUT2D eigenvalue weighted by atomic mass is 9.89. The van der Waals surface area contributed by atoms with Crippen molar-refractivity contribution in [2.75, 3.05) is 0 Å². The molecule has 0 aliphatic heterocycles. The van der Waals surface area contributed by atoms with Gasteiger partial charge < -0.3 is 28.4 Å². The Labute approximate surface area is 808 Å². The van der Waals surface area contributed by atoms with Gasteiger partial charge in [-0.2, -0.15) is 0 Å². The molecule has 654 valence electrons. The van der Waals surface area contributed by atoms with Crippen molar-refractivity contribution in [2.24, 2.45) is 0 Å². The molecule has 0 bridgehead atoms. The molecule has 0 heterocycles. The fourth-order valence-electron chi connectivity index (χ4n) is 16.0. The summed E-state index contributed by atoms with van der Waals surface area (Å²) in [5, 5.41) is 0. The first-order chi connectivity index (χ1) is 68.3. The first-order valence-electron chi connectivity index (χ1n) is 45.9. The molecule has 0 spiro atoms. The van der Waals surface area contributed by atoms with Gasteiger partial charge in [-0.25, -0.2) is 0 Å². The first kappa shape index (κ1) is 88.6. The van der Waals surface area contributed by atoms with Gasteiger partial charge in [0, 0.05) is 66.8 Å². The summed E-state index contributed by atoms with van der Waals surface area (Å²) in [5.74, 6) is 48.4. The van der Waals surface area contributed by atoms with Crippen molar-refractivity contribution < 1.29 is 28.4 Å². The van der Waals surface area contributed by atoms with Crippen molar-refractivity contribution in [3.8, 4) is 172 Å². The van der Waals surface area contributed by atoms with Crippen LogP contribution in [0.15, 0.2) is 473 Å². The molecular formula is C132H90O6. The molecule has 0 aliphatic carbocycles. The SMILES string of the molecule is C(#Cc1c(-c2ccc(OCc3ccccc3)cc2)cc(C#Cc2cc(C#Cc3cc(-c4ccc(OCc5ccccc5)cc4)c(C#Cc4ccccc4)c(-c4ccc(OCc5ccccc5)cc4)c3)cc(C#Cc3cc(-c4ccc(OCc5ccccc5)cc4)c(C#Cc4ccccc4)c(-c4ccc(OCc5ccccc5)cc4)c3)c2)cc1-c1ccc(OCc2ccccc2)cc1)c1ccccc1. The van der Waals surface area contributed by atoms with E-state index < -0.39 is 0 Å². The van der Waals surface area contributed by atoms with Crippen LogP contribution in [0.5, 0.6) is 34.5 Å². The quantitative estimate of drug-likeness (QED) is 0.0562. The van der Waals surface area contributed by atoms with Gasteiger partial charge in [0.05, 0.1) is 0 Å². The van der Waals surface area contributed by atoms with Gasteiger partial charge in [-0.3, -0.25) is 0 Å². The van der Waals surface area contributed by atoms with E-state index in [0.717, 1.165) is 185 Å². The van der Waals surface area contributed by atoms with Gasteiger partial charge in [0.2, 0.25) is 0 Å². The smallest absolute Gasteiger partial charge is 0.119 e. The molecule has 0 radical (unpaired) electrons. The van der Waals surface area contributed by atoms with Crippen LogP contribution < -0.4 is 28.4 Å². The zero-order valence-corrected chi connectivity index (χ0v) is 75.7. The Hall–Kier alpha value is -18.7. The molecule has 0 unspecified atom stereocenters. The maximum Gasteiger partial charge on any atom is 0.119 e. The first-order valence-corrected chi connectivity index (χ1v) is 45.9. The summed E-state index contributed by atoms with van der Waals surface area (Å²) in [7, 11) is 0. The highest BCUT2D eigenvalue weighted by Gasteiger charge is 2.20. The minimum atomic E-state index is 0.419. The highest BCUT2D eigenvalue weighted by atomic mass is 16.5. The second-order valence-electron chi connectivity index (χ2n) is 33.0. The van der Waals surface area contributed by atoms with Crippen LogP contribution in [0.25, 0.3) is 66.8 Å². The third kappa shape index (κ3) is 24.0. The standard InChI is InChI=1S/C132H90O6/c1-10-28-97(29-11-1)52-79-124-127(112-55-67-118(68-56-112)133-91-100-34-16-4-17-35-100)85-109(86-128(124)113-57-69-119(70-58-113)134-92-101-36-18-5-19-37-101)49-46-106-82-107(47-50-110-87-129(114-59-71-120(72-60-114)135-93-102-38-20-6-21-39-102)125(80-53-98-30-12-2-13-31-98)130(88-110)115-61-73-121(74-62-115)136-94-103-40-22-7-23-41-103)84-108(83-106)48-51-111-89-131(116-63-75-122(76-64-116)137-95-104-42-24-8-25-43-104)126(81-54-99-32-14-3-15-33-99)132(90-111)117-65-77-123(78-66-117)138-96-105-44-26-9-27-45-105/h1-45,55-78,82-90H,91-96H2. The average Bonchev–Trinajstić information content (AvgIpc) is 0.786. The van der Waals surface area contributed by atoms with Crippen LogP contribution in [-0.4, -0.2) is 0 Å². The molecule has 0 N–H and O–H groups in total. The normalized spacial score (nSPS) is 10.4. The monoisotopic (exact) mass is 1770 g/mol. The molecule has 0 aliphatic rings. The van der Waals surface area contributed by atoms with Crippen molar-refractivity contribution in [1.29, 1.82) is 0 Å². The molecule has 19 aromatic rings. The molecule has 6 nitrogen and oxygen atoms in total. The number of ether oxygens (including phenoxy) is 6. The minimum absolute atomic E-state index is 0.419. The molecular weight excluding hydrogens is 1680 g/mol. The minimum Gasteiger partial charge on any atom is -0.489 e. The van der Waals surface area contributed by atoms with Gasteiger partial charge in [-0.1, -0.05) is 380 Å². The van der Waals surface area contributed by atoms with E-state index in [9.17, 15) is 0 Å². The molecule has 6 heteroatoms. The fraction of sp³-hybridized carbons (Fsp3) is 0.0455. The second kappa shape index (κ2) is 44.5. The van der Waals surface area contributed by atoms with E-state index in [0.29, 0.717) is 56.3 Å². The number of hydrogen-bond donors (Lipinski definition) is 0. The lowest BCUT2D eigenvalue weighted by Crippen LogP contribution is -1.97. The van der Waals surface area contributed by atoms with E-state index in [1.807, 2.05) is 273 Å². The summed E-state index contributed by atoms with van der Waals surface area (Å²) >= 11 is 0. The number of hydrogen-bond acceptors (Lipinski definition) is 6. The van der Waals surface area contributed by atoms with E-state index in [-0.39, 0.29) is 0 Å². The predicted molar refractivity (Wildman–Crippen MR) is 558 cm³/mol. The summed E-state index contributed by atoms with van der Waals surface area (Å²) in [6.07, 6.45) is 0. The van der Waals surface area contributed by atoms with Gasteiger partial charge >= 0.3 is 0 Å². The largest absolute Gasteiger partial charge is 0.489 e. The molecule has 138 heavy (non-hydrogen) atoms. The molecule has 0 atom stereocenters. The van der Waals surface area contributed by atoms with Crippen molar-refractivity contribution in [3.63, 3.8) is 0 Å². The summed E-state index contributed by atoms with van der Waals surface area (Å²) in [5.41, 5.74) is 26.7. The Kier molecular flexibility index (Phi) is 28.6. The Balaban J connectivity index is 0.784. The zero-order chi connectivity index (χ0) is 92.9. The van der Waals surface area contributed by atoms with Crippen molar-refractivity contribution in [2.45, 2.75) is 39.6 Å². The van der Waals surface area contributed by atoms with Gasteiger partial charge in [-0.05, 0) is 264 Å². The molecule has 0 saturated heterocycles. The molecule has 0 fully saturated rings. The number of rotatable bonds is 24. The van der Waals surface area contributed by atoms with Gasteiger partial charge in [0.25, 0.3) is 0 Å². The summed E-state index contributed by atoms with van der Waals surface area (Å²) < 4.78 is 38.5. The van der Waals surface area contributed by atoms with E-state index in [1.54, 1.807) is 0 Å². The van der Waals surface area contributed by atoms with Crippen LogP contribution in [0.3, 0.4) is 0 Å². The van der Waals surface area contributed by atoms with Crippen LogP contribution in [0.2, 0.25) is 0 Å². The van der Waals surface area contributed by atoms with Gasteiger partial charge in [0.15, 0.2) is 0 Å². The Morgan fingerprint density at radius 1 is 0.123 bits per heavy atom. The predicted octanol–water partition coefficient (Wildman–Crippen LogP) is 29.6. The lowest BCUT2D eigenvalue weighted by Gasteiger charge is -2.15. The van der Waals surface area contributed by atoms with E-state index in [4.69, 9.17) is 28.4 Å².